The van der Waals surface area contributed by atoms with Crippen molar-refractivity contribution in [3.63, 3.8) is 0 Å². The Labute approximate surface area is 179 Å². The number of benzene rings is 1. The fourth-order valence-corrected chi connectivity index (χ4v) is 4.87. The minimum Gasteiger partial charge on any atom is -0.497 e. The van der Waals surface area contributed by atoms with Gasteiger partial charge < -0.3 is 15.0 Å². The molecule has 1 aromatic heterocycles. The largest absolute Gasteiger partial charge is 0.497 e. The SMILES string of the molecule is COc1ccc(N(Cc2cccs2)C(=O)CN2C(=O)NC3(CCCCC3)C2=O)cc1. The Bertz CT molecular complexity index is 920. The summed E-state index contributed by atoms with van der Waals surface area (Å²) in [6.07, 6.45) is 4.16. The number of imide groups is 1. The molecule has 1 aromatic carbocycles. The van der Waals surface area contributed by atoms with Gasteiger partial charge in [0.1, 0.15) is 17.8 Å². The number of methoxy groups -OCH3 is 1. The van der Waals surface area contributed by atoms with Gasteiger partial charge in [0.2, 0.25) is 5.91 Å². The van der Waals surface area contributed by atoms with Crippen LogP contribution in [0.4, 0.5) is 10.5 Å². The van der Waals surface area contributed by atoms with Gasteiger partial charge in [-0.05, 0) is 48.6 Å². The van der Waals surface area contributed by atoms with Gasteiger partial charge in [-0.25, -0.2) is 4.79 Å². The van der Waals surface area contributed by atoms with E-state index in [9.17, 15) is 14.4 Å². The summed E-state index contributed by atoms with van der Waals surface area (Å²) in [4.78, 5) is 42.6. The molecule has 1 saturated carbocycles. The Kier molecular flexibility index (Phi) is 5.76. The lowest BCUT2D eigenvalue weighted by molar-refractivity contribution is -0.135. The summed E-state index contributed by atoms with van der Waals surface area (Å²) < 4.78 is 5.21. The highest BCUT2D eigenvalue weighted by atomic mass is 32.1. The van der Waals surface area contributed by atoms with Crippen molar-refractivity contribution < 1.29 is 19.1 Å². The van der Waals surface area contributed by atoms with Gasteiger partial charge in [0.25, 0.3) is 5.91 Å². The van der Waals surface area contributed by atoms with Crippen LogP contribution in [-0.2, 0) is 16.1 Å². The molecule has 4 rings (SSSR count). The van der Waals surface area contributed by atoms with E-state index in [1.54, 1.807) is 47.6 Å². The maximum absolute atomic E-state index is 13.3. The van der Waals surface area contributed by atoms with E-state index in [1.807, 2.05) is 17.5 Å². The lowest BCUT2D eigenvalue weighted by atomic mass is 9.82. The number of urea groups is 1. The molecule has 1 aliphatic heterocycles. The number of hydrogen-bond donors (Lipinski definition) is 1. The third-order valence-electron chi connectivity index (χ3n) is 5.83. The highest BCUT2D eigenvalue weighted by Gasteiger charge is 2.51. The first-order valence-corrected chi connectivity index (χ1v) is 11.0. The molecule has 0 radical (unpaired) electrons. The molecule has 2 aliphatic rings. The Balaban J connectivity index is 1.55. The summed E-state index contributed by atoms with van der Waals surface area (Å²) in [7, 11) is 1.59. The maximum atomic E-state index is 13.3. The van der Waals surface area contributed by atoms with Gasteiger partial charge in [0.05, 0.1) is 13.7 Å². The summed E-state index contributed by atoms with van der Waals surface area (Å²) in [6, 6.07) is 10.6. The first kappa shape index (κ1) is 20.4. The quantitative estimate of drug-likeness (QED) is 0.715. The molecule has 0 unspecified atom stereocenters. The Morgan fingerprint density at radius 1 is 1.17 bits per heavy atom. The van der Waals surface area contributed by atoms with Crippen molar-refractivity contribution in [2.45, 2.75) is 44.2 Å². The molecule has 1 N–H and O–H groups in total. The molecule has 158 valence electrons. The van der Waals surface area contributed by atoms with Crippen LogP contribution in [0.2, 0.25) is 0 Å². The molecule has 1 saturated heterocycles. The zero-order valence-electron chi connectivity index (χ0n) is 16.9. The van der Waals surface area contributed by atoms with Crippen LogP contribution in [-0.4, -0.2) is 41.9 Å². The monoisotopic (exact) mass is 427 g/mol. The average Bonchev–Trinajstić information content (AvgIpc) is 3.35. The molecular formula is C22H25N3O4S. The van der Waals surface area contributed by atoms with Gasteiger partial charge >= 0.3 is 6.03 Å². The second-order valence-electron chi connectivity index (χ2n) is 7.72. The Morgan fingerprint density at radius 2 is 1.90 bits per heavy atom. The molecule has 7 nitrogen and oxygen atoms in total. The molecule has 2 fully saturated rings. The molecular weight excluding hydrogens is 402 g/mol. The number of ether oxygens (including phenoxy) is 1. The van der Waals surface area contributed by atoms with Crippen LogP contribution in [0.15, 0.2) is 41.8 Å². The van der Waals surface area contributed by atoms with E-state index in [0.717, 1.165) is 29.0 Å². The normalized spacial score (nSPS) is 17.8. The molecule has 1 aliphatic carbocycles. The summed E-state index contributed by atoms with van der Waals surface area (Å²) in [6.45, 7) is 0.0987. The van der Waals surface area contributed by atoms with Crippen LogP contribution < -0.4 is 15.0 Å². The third-order valence-corrected chi connectivity index (χ3v) is 6.69. The minimum atomic E-state index is -0.825. The average molecular weight is 428 g/mol. The predicted molar refractivity (Wildman–Crippen MR) is 115 cm³/mol. The van der Waals surface area contributed by atoms with Crippen LogP contribution in [0.3, 0.4) is 0 Å². The molecule has 8 heteroatoms. The van der Waals surface area contributed by atoms with Gasteiger partial charge in [-0.15, -0.1) is 11.3 Å². The maximum Gasteiger partial charge on any atom is 0.325 e. The number of nitrogens with one attached hydrogen (secondary N) is 1. The van der Waals surface area contributed by atoms with Gasteiger partial charge in [0, 0.05) is 10.6 Å². The summed E-state index contributed by atoms with van der Waals surface area (Å²) in [5, 5.41) is 4.82. The number of anilines is 1. The van der Waals surface area contributed by atoms with Crippen molar-refractivity contribution in [1.29, 1.82) is 0 Å². The summed E-state index contributed by atoms with van der Waals surface area (Å²) in [5.74, 6) is 0.117. The van der Waals surface area contributed by atoms with Crippen LogP contribution in [0, 0.1) is 0 Å². The summed E-state index contributed by atoms with van der Waals surface area (Å²) >= 11 is 1.55. The topological polar surface area (TPSA) is 79.0 Å². The van der Waals surface area contributed by atoms with Gasteiger partial charge in [-0.3, -0.25) is 14.5 Å². The van der Waals surface area contributed by atoms with Crippen LogP contribution in [0.1, 0.15) is 37.0 Å². The highest BCUT2D eigenvalue weighted by molar-refractivity contribution is 7.09. The zero-order valence-corrected chi connectivity index (χ0v) is 17.7. The van der Waals surface area contributed by atoms with Crippen molar-refractivity contribution in [2.24, 2.45) is 0 Å². The standard InChI is InChI=1S/C22H25N3O4S/c1-29-17-9-7-16(8-10-17)24(14-18-6-5-13-30-18)19(26)15-25-20(27)22(23-21(25)28)11-3-2-4-12-22/h5-10,13H,2-4,11-12,14-15H2,1H3,(H,23,28). The van der Waals surface area contributed by atoms with E-state index in [1.165, 1.54) is 0 Å². The van der Waals surface area contributed by atoms with Crippen molar-refractivity contribution in [2.75, 3.05) is 18.6 Å². The molecule has 30 heavy (non-hydrogen) atoms. The van der Waals surface area contributed by atoms with E-state index in [4.69, 9.17) is 4.74 Å². The van der Waals surface area contributed by atoms with Crippen molar-refractivity contribution in [3.8, 4) is 5.75 Å². The van der Waals surface area contributed by atoms with Gasteiger partial charge in [0.15, 0.2) is 0 Å². The lowest BCUT2D eigenvalue weighted by Gasteiger charge is -2.30. The molecule has 0 bridgehead atoms. The lowest BCUT2D eigenvalue weighted by Crippen LogP contribution is -2.49. The molecule has 0 atom stereocenters. The van der Waals surface area contributed by atoms with E-state index >= 15 is 0 Å². The smallest absolute Gasteiger partial charge is 0.325 e. The van der Waals surface area contributed by atoms with Crippen molar-refractivity contribution in [1.82, 2.24) is 10.2 Å². The van der Waals surface area contributed by atoms with Crippen LogP contribution >= 0.6 is 11.3 Å². The number of hydrogen-bond acceptors (Lipinski definition) is 5. The Morgan fingerprint density at radius 3 is 2.53 bits per heavy atom. The van der Waals surface area contributed by atoms with Gasteiger partial charge in [-0.2, -0.15) is 0 Å². The van der Waals surface area contributed by atoms with Crippen molar-refractivity contribution in [3.05, 3.63) is 46.7 Å². The van der Waals surface area contributed by atoms with E-state index in [0.29, 0.717) is 30.8 Å². The fourth-order valence-electron chi connectivity index (χ4n) is 4.18. The predicted octanol–water partition coefficient (Wildman–Crippen LogP) is 3.54. The zero-order chi connectivity index (χ0) is 21.1. The van der Waals surface area contributed by atoms with Crippen molar-refractivity contribution >= 4 is 34.9 Å². The Hall–Kier alpha value is -2.87. The molecule has 1 spiro atoms. The molecule has 2 heterocycles. The van der Waals surface area contributed by atoms with Crippen LogP contribution in [0.5, 0.6) is 5.75 Å². The number of thiophene rings is 1. The highest BCUT2D eigenvalue weighted by Crippen LogP contribution is 2.34. The third kappa shape index (κ3) is 3.92. The van der Waals surface area contributed by atoms with Crippen LogP contribution in [0.25, 0.3) is 0 Å². The second kappa shape index (κ2) is 8.47. The molecule has 4 amide bonds. The number of carbonyl (C=O) groups is 3. The van der Waals surface area contributed by atoms with Gasteiger partial charge in [-0.1, -0.05) is 25.3 Å². The van der Waals surface area contributed by atoms with E-state index in [-0.39, 0.29) is 18.4 Å². The number of rotatable bonds is 6. The number of nitrogens with zero attached hydrogens (tertiary/aromatic N) is 2. The minimum absolute atomic E-state index is 0.272. The first-order valence-electron chi connectivity index (χ1n) is 10.1. The van der Waals surface area contributed by atoms with E-state index in [2.05, 4.69) is 5.32 Å². The fraction of sp³-hybridized carbons (Fsp3) is 0.409. The molecule has 2 aromatic rings. The first-order chi connectivity index (χ1) is 14.5. The van der Waals surface area contributed by atoms with E-state index < -0.39 is 11.6 Å². The number of carbonyl (C=O) groups excluding carboxylic acids is 3. The number of amides is 4. The summed E-state index contributed by atoms with van der Waals surface area (Å²) in [5.41, 5.74) is -0.137. The second-order valence-corrected chi connectivity index (χ2v) is 8.75.